The van der Waals surface area contributed by atoms with Crippen molar-refractivity contribution in [2.45, 2.75) is 63.1 Å². The fourth-order valence-corrected chi connectivity index (χ4v) is 3.63. The molecular weight excluding hydrogens is 274 g/mol. The molecule has 2 saturated carbocycles. The van der Waals surface area contributed by atoms with Crippen LogP contribution in [0.25, 0.3) is 0 Å². The van der Waals surface area contributed by atoms with Crippen molar-refractivity contribution in [1.29, 1.82) is 0 Å². The van der Waals surface area contributed by atoms with Crippen molar-refractivity contribution in [1.82, 2.24) is 14.8 Å². The molecule has 1 N–H and O–H groups in total. The SMILES string of the molecule is CCC1(Cn2c(SCC(=O)O)nnc2C2CC2)CCC1. The summed E-state index contributed by atoms with van der Waals surface area (Å²) in [4.78, 5) is 10.8. The Bertz CT molecular complexity index is 501. The van der Waals surface area contributed by atoms with Crippen LogP contribution in [-0.2, 0) is 11.3 Å². The van der Waals surface area contributed by atoms with Gasteiger partial charge in [-0.2, -0.15) is 0 Å². The summed E-state index contributed by atoms with van der Waals surface area (Å²) in [5.41, 5.74) is 0.393. The molecule has 0 saturated heterocycles. The van der Waals surface area contributed by atoms with Crippen molar-refractivity contribution in [3.63, 3.8) is 0 Å². The monoisotopic (exact) mass is 295 g/mol. The quantitative estimate of drug-likeness (QED) is 0.783. The molecule has 1 aromatic heterocycles. The molecule has 0 atom stereocenters. The number of aromatic nitrogens is 3. The van der Waals surface area contributed by atoms with E-state index >= 15 is 0 Å². The second-order valence-electron chi connectivity index (χ2n) is 6.09. The largest absolute Gasteiger partial charge is 0.481 e. The lowest BCUT2D eigenvalue weighted by atomic mass is 9.67. The number of nitrogens with zero attached hydrogens (tertiary/aromatic N) is 3. The molecule has 2 aliphatic rings. The Hall–Kier alpha value is -1.04. The molecule has 0 amide bonds. The average Bonchev–Trinajstić information content (AvgIpc) is 3.14. The molecule has 20 heavy (non-hydrogen) atoms. The standard InChI is InChI=1S/C14H21N3O2S/c1-2-14(6-3-7-14)9-17-12(10-4-5-10)15-16-13(17)20-8-11(18)19/h10H,2-9H2,1H3,(H,18,19). The van der Waals surface area contributed by atoms with E-state index in [1.807, 2.05) is 0 Å². The zero-order valence-electron chi connectivity index (χ0n) is 11.8. The summed E-state index contributed by atoms with van der Waals surface area (Å²) in [6.07, 6.45) is 7.43. The Kier molecular flexibility index (Phi) is 3.75. The van der Waals surface area contributed by atoms with Crippen molar-refractivity contribution in [3.05, 3.63) is 5.82 Å². The van der Waals surface area contributed by atoms with Crippen LogP contribution in [0, 0.1) is 5.41 Å². The minimum atomic E-state index is -0.800. The smallest absolute Gasteiger partial charge is 0.313 e. The van der Waals surface area contributed by atoms with E-state index < -0.39 is 5.97 Å². The molecule has 3 rings (SSSR count). The maximum absolute atomic E-state index is 10.8. The molecule has 0 aromatic carbocycles. The van der Waals surface area contributed by atoms with Crippen LogP contribution in [0.5, 0.6) is 0 Å². The van der Waals surface area contributed by atoms with Gasteiger partial charge >= 0.3 is 5.97 Å². The van der Waals surface area contributed by atoms with Crippen molar-refractivity contribution in [2.75, 3.05) is 5.75 Å². The highest BCUT2D eigenvalue weighted by Crippen LogP contribution is 2.47. The number of aliphatic carboxylic acids is 1. The van der Waals surface area contributed by atoms with Gasteiger partial charge in [-0.15, -0.1) is 10.2 Å². The first kappa shape index (κ1) is 13.9. The number of carbonyl (C=O) groups is 1. The van der Waals surface area contributed by atoms with Gasteiger partial charge in [0.15, 0.2) is 5.16 Å². The van der Waals surface area contributed by atoms with E-state index in [1.54, 1.807) is 0 Å². The lowest BCUT2D eigenvalue weighted by Gasteiger charge is -2.42. The number of carboxylic acids is 1. The van der Waals surface area contributed by atoms with Crippen LogP contribution >= 0.6 is 11.8 Å². The maximum Gasteiger partial charge on any atom is 0.313 e. The molecule has 2 fully saturated rings. The summed E-state index contributed by atoms with van der Waals surface area (Å²) in [7, 11) is 0. The first-order valence-corrected chi connectivity index (χ1v) is 8.40. The molecule has 0 radical (unpaired) electrons. The fraction of sp³-hybridized carbons (Fsp3) is 0.786. The first-order chi connectivity index (χ1) is 9.63. The van der Waals surface area contributed by atoms with Crippen LogP contribution in [0.15, 0.2) is 5.16 Å². The number of hydrogen-bond donors (Lipinski definition) is 1. The predicted octanol–water partition coefficient (Wildman–Crippen LogP) is 2.91. The lowest BCUT2D eigenvalue weighted by molar-refractivity contribution is -0.133. The second kappa shape index (κ2) is 5.39. The zero-order valence-corrected chi connectivity index (χ0v) is 12.7. The van der Waals surface area contributed by atoms with Gasteiger partial charge in [0.05, 0.1) is 5.75 Å². The third-order valence-corrected chi connectivity index (χ3v) is 5.62. The normalized spacial score (nSPS) is 20.6. The molecule has 2 aliphatic carbocycles. The van der Waals surface area contributed by atoms with Gasteiger partial charge in [0.2, 0.25) is 0 Å². The molecule has 1 heterocycles. The highest BCUT2D eigenvalue weighted by atomic mass is 32.2. The van der Waals surface area contributed by atoms with Crippen LogP contribution in [0.4, 0.5) is 0 Å². The van der Waals surface area contributed by atoms with Crippen molar-refractivity contribution in [2.24, 2.45) is 5.41 Å². The van der Waals surface area contributed by atoms with Crippen LogP contribution in [0.2, 0.25) is 0 Å². The van der Waals surface area contributed by atoms with Crippen LogP contribution in [0.1, 0.15) is 57.2 Å². The van der Waals surface area contributed by atoms with Gasteiger partial charge in [-0.05, 0) is 37.5 Å². The van der Waals surface area contributed by atoms with Crippen molar-refractivity contribution >= 4 is 17.7 Å². The number of hydrogen-bond acceptors (Lipinski definition) is 4. The van der Waals surface area contributed by atoms with E-state index in [9.17, 15) is 4.79 Å². The Morgan fingerprint density at radius 1 is 1.45 bits per heavy atom. The molecular formula is C14H21N3O2S. The summed E-state index contributed by atoms with van der Waals surface area (Å²) in [6.45, 7) is 3.22. The average molecular weight is 295 g/mol. The third-order valence-electron chi connectivity index (χ3n) is 4.67. The zero-order chi connectivity index (χ0) is 14.2. The van der Waals surface area contributed by atoms with Crippen molar-refractivity contribution < 1.29 is 9.90 Å². The Morgan fingerprint density at radius 3 is 2.70 bits per heavy atom. The van der Waals surface area contributed by atoms with E-state index in [0.717, 1.165) is 17.5 Å². The van der Waals surface area contributed by atoms with E-state index in [0.29, 0.717) is 11.3 Å². The van der Waals surface area contributed by atoms with Crippen LogP contribution < -0.4 is 0 Å². The van der Waals surface area contributed by atoms with E-state index in [4.69, 9.17) is 5.11 Å². The molecule has 1 aromatic rings. The lowest BCUT2D eigenvalue weighted by Crippen LogP contribution is -2.34. The highest BCUT2D eigenvalue weighted by Gasteiger charge is 2.38. The van der Waals surface area contributed by atoms with Gasteiger partial charge in [-0.1, -0.05) is 25.1 Å². The first-order valence-electron chi connectivity index (χ1n) is 7.41. The van der Waals surface area contributed by atoms with E-state index in [-0.39, 0.29) is 5.75 Å². The number of rotatable bonds is 7. The molecule has 6 heteroatoms. The van der Waals surface area contributed by atoms with Crippen LogP contribution in [0.3, 0.4) is 0 Å². The summed E-state index contributed by atoms with van der Waals surface area (Å²) in [5.74, 6) is 0.890. The second-order valence-corrected chi connectivity index (χ2v) is 7.03. The fourth-order valence-electron chi connectivity index (χ4n) is 2.96. The summed E-state index contributed by atoms with van der Waals surface area (Å²) in [6, 6.07) is 0. The van der Waals surface area contributed by atoms with E-state index in [1.165, 1.54) is 50.3 Å². The summed E-state index contributed by atoms with van der Waals surface area (Å²) < 4.78 is 2.22. The van der Waals surface area contributed by atoms with Crippen molar-refractivity contribution in [3.8, 4) is 0 Å². The summed E-state index contributed by atoms with van der Waals surface area (Å²) >= 11 is 1.30. The van der Waals surface area contributed by atoms with Crippen LogP contribution in [-0.4, -0.2) is 31.6 Å². The molecule has 0 spiro atoms. The Balaban J connectivity index is 1.81. The van der Waals surface area contributed by atoms with E-state index in [2.05, 4.69) is 21.7 Å². The Morgan fingerprint density at radius 2 is 2.20 bits per heavy atom. The minimum absolute atomic E-state index is 0.0575. The van der Waals surface area contributed by atoms with Gasteiger partial charge in [-0.3, -0.25) is 4.79 Å². The molecule has 5 nitrogen and oxygen atoms in total. The summed E-state index contributed by atoms with van der Waals surface area (Å²) in [5, 5.41) is 18.2. The Labute approximate surface area is 123 Å². The topological polar surface area (TPSA) is 68.0 Å². The molecule has 0 bridgehead atoms. The van der Waals surface area contributed by atoms with Gasteiger partial charge in [0.25, 0.3) is 0 Å². The van der Waals surface area contributed by atoms with Gasteiger partial charge in [0.1, 0.15) is 5.82 Å². The number of carboxylic acid groups (broad SMARTS) is 1. The molecule has 0 unspecified atom stereocenters. The number of thioether (sulfide) groups is 1. The highest BCUT2D eigenvalue weighted by molar-refractivity contribution is 7.99. The van der Waals surface area contributed by atoms with Gasteiger partial charge in [-0.25, -0.2) is 0 Å². The minimum Gasteiger partial charge on any atom is -0.481 e. The van der Waals surface area contributed by atoms with Gasteiger partial charge < -0.3 is 9.67 Å². The molecule has 110 valence electrons. The molecule has 0 aliphatic heterocycles. The third kappa shape index (κ3) is 2.71. The predicted molar refractivity (Wildman–Crippen MR) is 76.9 cm³/mol. The van der Waals surface area contributed by atoms with Gasteiger partial charge in [0, 0.05) is 12.5 Å². The maximum atomic E-state index is 10.8.